The lowest BCUT2D eigenvalue weighted by molar-refractivity contribution is -0.137. The Morgan fingerprint density at radius 1 is 1.16 bits per heavy atom. The van der Waals surface area contributed by atoms with Crippen LogP contribution in [0, 0.1) is 0 Å². The number of halogens is 3. The van der Waals surface area contributed by atoms with Gasteiger partial charge in [-0.3, -0.25) is 9.69 Å². The van der Waals surface area contributed by atoms with E-state index in [1.807, 2.05) is 12.1 Å². The highest BCUT2D eigenvalue weighted by Gasteiger charge is 2.38. The quantitative estimate of drug-likeness (QED) is 0.361. The van der Waals surface area contributed by atoms with E-state index < -0.39 is 39.7 Å². The molecule has 2 heterocycles. The minimum Gasteiger partial charge on any atom is -0.494 e. The number of hydrogen-bond acceptors (Lipinski definition) is 10. The standard InChI is InChI=1S/C27H39F3N8O4S/c1-31-24(39)17-37-11-13-38(14-12-37)18-9-10-21(23(15-18)42-3)34-26-32-16-19(27(28,29)30)25(35-26)33-20-7-5-6-8-22(20)36(2)43(4,40)41/h9-10,15-16,20,22H,5-8,11-14,17H2,1-4H3,(H,31,39)(H2,32,33,34,35)/t20-,22?/m1/s1. The number of nitrogens with zero attached hydrogens (tertiary/aromatic N) is 5. The molecule has 43 heavy (non-hydrogen) atoms. The number of hydrogen-bond donors (Lipinski definition) is 3. The molecule has 3 N–H and O–H groups in total. The van der Waals surface area contributed by atoms with Gasteiger partial charge in [0.05, 0.1) is 25.6 Å². The zero-order chi connectivity index (χ0) is 31.4. The molecule has 1 saturated carbocycles. The second kappa shape index (κ2) is 13.5. The normalized spacial score (nSPS) is 20.1. The fourth-order valence-electron chi connectivity index (χ4n) is 5.44. The number of benzene rings is 1. The second-order valence-corrected chi connectivity index (χ2v) is 12.8. The van der Waals surface area contributed by atoms with E-state index in [0.29, 0.717) is 57.0 Å². The van der Waals surface area contributed by atoms with Gasteiger partial charge in [-0.15, -0.1) is 0 Å². The summed E-state index contributed by atoms with van der Waals surface area (Å²) in [6, 6.07) is 4.36. The summed E-state index contributed by atoms with van der Waals surface area (Å²) in [5.74, 6) is -0.0817. The van der Waals surface area contributed by atoms with Crippen molar-refractivity contribution in [1.82, 2.24) is 24.5 Å². The highest BCUT2D eigenvalue weighted by atomic mass is 32.2. The van der Waals surface area contributed by atoms with Crippen molar-refractivity contribution in [2.45, 2.75) is 43.9 Å². The van der Waals surface area contributed by atoms with Gasteiger partial charge in [0.2, 0.25) is 21.9 Å². The SMILES string of the molecule is CNC(=O)CN1CCN(c2ccc(Nc3ncc(C(F)(F)F)c(N[C@@H]4CCCCC4N(C)S(C)(=O)=O)n3)c(OC)c2)CC1. The summed E-state index contributed by atoms with van der Waals surface area (Å²) < 4.78 is 73.1. The Morgan fingerprint density at radius 3 is 2.49 bits per heavy atom. The molecular formula is C27H39F3N8O4S. The molecule has 2 fully saturated rings. The first-order valence-corrected chi connectivity index (χ1v) is 15.9. The van der Waals surface area contributed by atoms with Crippen LogP contribution in [0.15, 0.2) is 24.4 Å². The van der Waals surface area contributed by atoms with Crippen LogP contribution in [0.2, 0.25) is 0 Å². The largest absolute Gasteiger partial charge is 0.494 e. The van der Waals surface area contributed by atoms with Crippen LogP contribution in [0.25, 0.3) is 0 Å². The maximum atomic E-state index is 14.0. The smallest absolute Gasteiger partial charge is 0.421 e. The first-order valence-electron chi connectivity index (χ1n) is 14.1. The fourth-order valence-corrected chi connectivity index (χ4v) is 6.19. The van der Waals surface area contributed by atoms with E-state index in [1.165, 1.54) is 18.5 Å². The van der Waals surface area contributed by atoms with Gasteiger partial charge in [-0.2, -0.15) is 18.2 Å². The van der Waals surface area contributed by atoms with Crippen molar-refractivity contribution in [3.63, 3.8) is 0 Å². The number of alkyl halides is 3. The third kappa shape index (κ3) is 8.17. The van der Waals surface area contributed by atoms with Gasteiger partial charge in [-0.05, 0) is 25.0 Å². The minimum absolute atomic E-state index is 0.0332. The number of amides is 1. The molecule has 1 aliphatic carbocycles. The Bertz CT molecular complexity index is 1390. The monoisotopic (exact) mass is 628 g/mol. The number of anilines is 4. The molecule has 238 valence electrons. The lowest BCUT2D eigenvalue weighted by Crippen LogP contribution is -2.49. The summed E-state index contributed by atoms with van der Waals surface area (Å²) in [5.41, 5.74) is 0.320. The number of likely N-dealkylation sites (N-methyl/N-ethyl adjacent to an activating group) is 2. The van der Waals surface area contributed by atoms with E-state index in [-0.39, 0.29) is 11.9 Å². The number of nitrogens with one attached hydrogen (secondary N) is 3. The molecule has 0 radical (unpaired) electrons. The first kappa shape index (κ1) is 32.5. The lowest BCUT2D eigenvalue weighted by Gasteiger charge is -2.37. The predicted molar refractivity (Wildman–Crippen MR) is 158 cm³/mol. The molecule has 2 aromatic rings. The second-order valence-electron chi connectivity index (χ2n) is 10.8. The highest BCUT2D eigenvalue weighted by Crippen LogP contribution is 2.37. The molecule has 1 unspecified atom stereocenters. The van der Waals surface area contributed by atoms with E-state index in [0.717, 1.165) is 31.0 Å². The molecule has 12 nitrogen and oxygen atoms in total. The number of methoxy groups -OCH3 is 1. The van der Waals surface area contributed by atoms with Crippen molar-refractivity contribution in [2.75, 3.05) is 75.7 Å². The molecule has 16 heteroatoms. The van der Waals surface area contributed by atoms with Gasteiger partial charge in [0.1, 0.15) is 17.1 Å². The van der Waals surface area contributed by atoms with Crippen molar-refractivity contribution in [1.29, 1.82) is 0 Å². The zero-order valence-corrected chi connectivity index (χ0v) is 25.6. The van der Waals surface area contributed by atoms with Crippen molar-refractivity contribution in [3.05, 3.63) is 30.0 Å². The van der Waals surface area contributed by atoms with Crippen molar-refractivity contribution >= 4 is 39.1 Å². The molecule has 0 spiro atoms. The molecule has 0 bridgehead atoms. The summed E-state index contributed by atoms with van der Waals surface area (Å²) in [6.07, 6.45) is -0.400. The third-order valence-corrected chi connectivity index (χ3v) is 9.27. The molecule has 1 aromatic carbocycles. The summed E-state index contributed by atoms with van der Waals surface area (Å²) in [7, 11) is 0.995. The molecule has 4 rings (SSSR count). The van der Waals surface area contributed by atoms with Crippen LogP contribution in [0.1, 0.15) is 31.2 Å². The number of rotatable bonds is 10. The van der Waals surface area contributed by atoms with E-state index >= 15 is 0 Å². The van der Waals surface area contributed by atoms with E-state index in [2.05, 4.69) is 35.7 Å². The van der Waals surface area contributed by atoms with Crippen LogP contribution >= 0.6 is 0 Å². The van der Waals surface area contributed by atoms with Gasteiger partial charge < -0.3 is 25.6 Å². The van der Waals surface area contributed by atoms with E-state index in [9.17, 15) is 26.4 Å². The van der Waals surface area contributed by atoms with Gasteiger partial charge in [-0.1, -0.05) is 12.8 Å². The average molecular weight is 629 g/mol. The van der Waals surface area contributed by atoms with E-state index in [4.69, 9.17) is 4.74 Å². The topological polar surface area (TPSA) is 132 Å². The number of ether oxygens (including phenoxy) is 1. The fraction of sp³-hybridized carbons (Fsp3) is 0.593. The van der Waals surface area contributed by atoms with Crippen LogP contribution in [-0.4, -0.2) is 106 Å². The van der Waals surface area contributed by atoms with Crippen LogP contribution in [-0.2, 0) is 21.0 Å². The summed E-state index contributed by atoms with van der Waals surface area (Å²) in [6.45, 7) is 3.19. The summed E-state index contributed by atoms with van der Waals surface area (Å²) >= 11 is 0. The zero-order valence-electron chi connectivity index (χ0n) is 24.7. The molecule has 1 aromatic heterocycles. The van der Waals surface area contributed by atoms with Gasteiger partial charge in [0.15, 0.2) is 0 Å². The number of carbonyl (C=O) groups excluding carboxylic acids is 1. The number of carbonyl (C=O) groups is 1. The van der Waals surface area contributed by atoms with E-state index in [1.54, 1.807) is 13.1 Å². The number of sulfonamides is 1. The Hall–Kier alpha value is -3.37. The molecular weight excluding hydrogens is 589 g/mol. The molecule has 1 amide bonds. The molecule has 2 atom stereocenters. The van der Waals surface area contributed by atoms with Crippen LogP contribution in [0.3, 0.4) is 0 Å². The Balaban J connectivity index is 1.54. The van der Waals surface area contributed by atoms with Gasteiger partial charge in [0, 0.05) is 70.3 Å². The number of aromatic nitrogens is 2. The average Bonchev–Trinajstić information content (AvgIpc) is 2.96. The lowest BCUT2D eigenvalue weighted by atomic mass is 9.90. The number of piperazine rings is 1. The predicted octanol–water partition coefficient (Wildman–Crippen LogP) is 2.73. The maximum Gasteiger partial charge on any atom is 0.421 e. The van der Waals surface area contributed by atoms with Crippen molar-refractivity contribution in [2.24, 2.45) is 0 Å². The third-order valence-electron chi connectivity index (χ3n) is 7.95. The van der Waals surface area contributed by atoms with Crippen molar-refractivity contribution < 1.29 is 31.1 Å². The molecule has 2 aliphatic rings. The summed E-state index contributed by atoms with van der Waals surface area (Å²) in [4.78, 5) is 24.0. The highest BCUT2D eigenvalue weighted by molar-refractivity contribution is 7.88. The van der Waals surface area contributed by atoms with Crippen molar-refractivity contribution in [3.8, 4) is 5.75 Å². The minimum atomic E-state index is -4.72. The Labute approximate surface area is 250 Å². The van der Waals surface area contributed by atoms with Gasteiger partial charge >= 0.3 is 6.18 Å². The molecule has 1 aliphatic heterocycles. The maximum absolute atomic E-state index is 14.0. The van der Waals surface area contributed by atoms with Gasteiger partial charge in [-0.25, -0.2) is 17.7 Å². The van der Waals surface area contributed by atoms with Crippen LogP contribution in [0.4, 0.5) is 36.3 Å². The Morgan fingerprint density at radius 2 is 1.86 bits per heavy atom. The molecule has 1 saturated heterocycles. The Kier molecular flexibility index (Phi) is 10.2. The first-order chi connectivity index (χ1) is 20.3. The van der Waals surface area contributed by atoms with Gasteiger partial charge in [0.25, 0.3) is 0 Å². The summed E-state index contributed by atoms with van der Waals surface area (Å²) in [5, 5.41) is 8.50. The van der Waals surface area contributed by atoms with Crippen LogP contribution < -0.4 is 25.6 Å². The van der Waals surface area contributed by atoms with Crippen LogP contribution in [0.5, 0.6) is 5.75 Å².